The molecule has 1 spiro atoms. The first-order valence-electron chi connectivity index (χ1n) is 8.45. The Morgan fingerprint density at radius 1 is 1.21 bits per heavy atom. The standard InChI is InChI=1S/C18H21N5O/c1-2-14-9-20-17(21-10-14)22-7-5-18(12-22)8-16(24)23(13-18)15-4-3-6-19-11-15/h3-4,6,9-11H,2,5,7-8,12-13H2,1H3/t18-/m0/s1. The Morgan fingerprint density at radius 2 is 2.04 bits per heavy atom. The molecule has 0 aromatic carbocycles. The molecular weight excluding hydrogens is 302 g/mol. The summed E-state index contributed by atoms with van der Waals surface area (Å²) in [6, 6.07) is 3.82. The smallest absolute Gasteiger partial charge is 0.227 e. The maximum atomic E-state index is 12.5. The maximum absolute atomic E-state index is 12.5. The number of anilines is 2. The number of rotatable bonds is 3. The van der Waals surface area contributed by atoms with E-state index in [1.807, 2.05) is 29.4 Å². The summed E-state index contributed by atoms with van der Waals surface area (Å²) in [5.41, 5.74) is 2.03. The summed E-state index contributed by atoms with van der Waals surface area (Å²) in [6.45, 7) is 4.59. The number of hydrogen-bond acceptors (Lipinski definition) is 5. The van der Waals surface area contributed by atoms with Gasteiger partial charge in [-0.2, -0.15) is 0 Å². The second-order valence-electron chi connectivity index (χ2n) is 6.78. The Bertz CT molecular complexity index is 733. The number of pyridine rings is 1. The van der Waals surface area contributed by atoms with Crippen LogP contribution in [0, 0.1) is 5.41 Å². The van der Waals surface area contributed by atoms with E-state index in [2.05, 4.69) is 26.8 Å². The van der Waals surface area contributed by atoms with Gasteiger partial charge in [-0.05, 0) is 30.5 Å². The molecule has 2 aliphatic heterocycles. The van der Waals surface area contributed by atoms with Crippen LogP contribution in [0.5, 0.6) is 0 Å². The van der Waals surface area contributed by atoms with Crippen LogP contribution in [0.1, 0.15) is 25.3 Å². The third kappa shape index (κ3) is 2.62. The van der Waals surface area contributed by atoms with Crippen molar-refractivity contribution >= 4 is 17.5 Å². The van der Waals surface area contributed by atoms with Gasteiger partial charge in [0.25, 0.3) is 0 Å². The topological polar surface area (TPSA) is 62.2 Å². The third-order valence-electron chi connectivity index (χ3n) is 5.10. The van der Waals surface area contributed by atoms with Gasteiger partial charge in [0.15, 0.2) is 0 Å². The molecular formula is C18H21N5O. The van der Waals surface area contributed by atoms with Crippen molar-refractivity contribution in [2.45, 2.75) is 26.2 Å². The average molecular weight is 323 g/mol. The molecule has 0 saturated carbocycles. The lowest BCUT2D eigenvalue weighted by Gasteiger charge is -2.24. The Hall–Kier alpha value is -2.50. The molecule has 124 valence electrons. The largest absolute Gasteiger partial charge is 0.340 e. The lowest BCUT2D eigenvalue weighted by atomic mass is 9.86. The minimum absolute atomic E-state index is 0.000285. The number of aromatic nitrogens is 3. The van der Waals surface area contributed by atoms with E-state index in [0.717, 1.165) is 49.7 Å². The Morgan fingerprint density at radius 3 is 2.75 bits per heavy atom. The van der Waals surface area contributed by atoms with E-state index in [4.69, 9.17) is 0 Å². The molecule has 1 amide bonds. The number of carbonyl (C=O) groups excluding carboxylic acids is 1. The van der Waals surface area contributed by atoms with Gasteiger partial charge < -0.3 is 9.80 Å². The van der Waals surface area contributed by atoms with Crippen molar-refractivity contribution < 1.29 is 4.79 Å². The fourth-order valence-corrected chi connectivity index (χ4v) is 3.72. The summed E-state index contributed by atoms with van der Waals surface area (Å²) in [5, 5.41) is 0. The highest BCUT2D eigenvalue weighted by Gasteiger charge is 2.48. The van der Waals surface area contributed by atoms with Crippen LogP contribution in [0.2, 0.25) is 0 Å². The Labute approximate surface area is 141 Å². The molecule has 0 unspecified atom stereocenters. The van der Waals surface area contributed by atoms with Crippen molar-refractivity contribution in [1.82, 2.24) is 15.0 Å². The van der Waals surface area contributed by atoms with Crippen LogP contribution in [0.15, 0.2) is 36.9 Å². The zero-order valence-electron chi connectivity index (χ0n) is 13.9. The molecule has 2 aromatic rings. The quantitative estimate of drug-likeness (QED) is 0.865. The van der Waals surface area contributed by atoms with E-state index in [-0.39, 0.29) is 11.3 Å². The van der Waals surface area contributed by atoms with Crippen molar-refractivity contribution in [2.24, 2.45) is 5.41 Å². The predicted octanol–water partition coefficient (Wildman–Crippen LogP) is 2.07. The predicted molar refractivity (Wildman–Crippen MR) is 91.9 cm³/mol. The van der Waals surface area contributed by atoms with E-state index < -0.39 is 0 Å². The fourth-order valence-electron chi connectivity index (χ4n) is 3.72. The average Bonchev–Trinajstić information content (AvgIpc) is 3.19. The molecule has 4 heterocycles. The zero-order valence-corrected chi connectivity index (χ0v) is 13.9. The molecule has 2 aromatic heterocycles. The van der Waals surface area contributed by atoms with Gasteiger partial charge in [-0.25, -0.2) is 9.97 Å². The molecule has 6 heteroatoms. The lowest BCUT2D eigenvalue weighted by Crippen LogP contribution is -2.31. The number of nitrogens with zero attached hydrogens (tertiary/aromatic N) is 5. The first kappa shape index (κ1) is 15.1. The zero-order chi connectivity index (χ0) is 16.6. The van der Waals surface area contributed by atoms with Crippen LogP contribution in [0.3, 0.4) is 0 Å². The summed E-state index contributed by atoms with van der Waals surface area (Å²) in [5.74, 6) is 0.962. The van der Waals surface area contributed by atoms with Gasteiger partial charge in [0.1, 0.15) is 0 Å². The lowest BCUT2D eigenvalue weighted by molar-refractivity contribution is -0.117. The molecule has 6 nitrogen and oxygen atoms in total. The Balaban J connectivity index is 1.50. The molecule has 4 rings (SSSR count). The number of hydrogen-bond donors (Lipinski definition) is 0. The highest BCUT2D eigenvalue weighted by atomic mass is 16.2. The van der Waals surface area contributed by atoms with Gasteiger partial charge in [-0.3, -0.25) is 9.78 Å². The van der Waals surface area contributed by atoms with Crippen LogP contribution in [0.25, 0.3) is 0 Å². The molecule has 0 aliphatic carbocycles. The normalized spacial score (nSPS) is 23.5. The molecule has 0 radical (unpaired) electrons. The van der Waals surface area contributed by atoms with Gasteiger partial charge in [-0.1, -0.05) is 6.92 Å². The SMILES string of the molecule is CCc1cnc(N2CC[C@]3(CC(=O)N(c4cccnc4)C3)C2)nc1. The van der Waals surface area contributed by atoms with Crippen LogP contribution in [-0.2, 0) is 11.2 Å². The fraction of sp³-hybridized carbons (Fsp3) is 0.444. The van der Waals surface area contributed by atoms with Crippen molar-refractivity contribution in [2.75, 3.05) is 29.4 Å². The minimum atomic E-state index is -0.000285. The number of amides is 1. The van der Waals surface area contributed by atoms with E-state index in [0.29, 0.717) is 6.42 Å². The first-order valence-corrected chi connectivity index (χ1v) is 8.45. The molecule has 2 saturated heterocycles. The van der Waals surface area contributed by atoms with Crippen molar-refractivity contribution in [1.29, 1.82) is 0 Å². The summed E-state index contributed by atoms with van der Waals surface area (Å²) in [6.07, 6.45) is 9.81. The molecule has 24 heavy (non-hydrogen) atoms. The van der Waals surface area contributed by atoms with Crippen LogP contribution >= 0.6 is 0 Å². The molecule has 2 fully saturated rings. The first-order chi connectivity index (χ1) is 11.7. The minimum Gasteiger partial charge on any atom is -0.340 e. The van der Waals surface area contributed by atoms with E-state index >= 15 is 0 Å². The van der Waals surface area contributed by atoms with Gasteiger partial charge in [-0.15, -0.1) is 0 Å². The van der Waals surface area contributed by atoms with Crippen molar-refractivity contribution in [3.05, 3.63) is 42.5 Å². The van der Waals surface area contributed by atoms with E-state index in [1.165, 1.54) is 0 Å². The van der Waals surface area contributed by atoms with Crippen molar-refractivity contribution in [3.8, 4) is 0 Å². The van der Waals surface area contributed by atoms with Gasteiger partial charge in [0.05, 0.1) is 11.9 Å². The molecule has 0 N–H and O–H groups in total. The van der Waals surface area contributed by atoms with Gasteiger partial charge >= 0.3 is 0 Å². The Kier molecular flexibility index (Phi) is 3.67. The van der Waals surface area contributed by atoms with Crippen molar-refractivity contribution in [3.63, 3.8) is 0 Å². The van der Waals surface area contributed by atoms with Crippen LogP contribution in [-0.4, -0.2) is 40.5 Å². The summed E-state index contributed by atoms with van der Waals surface area (Å²) >= 11 is 0. The van der Waals surface area contributed by atoms with E-state index in [1.54, 1.807) is 12.4 Å². The second kappa shape index (κ2) is 5.85. The number of aryl methyl sites for hydroxylation is 1. The molecule has 0 bridgehead atoms. The second-order valence-corrected chi connectivity index (χ2v) is 6.78. The summed E-state index contributed by atoms with van der Waals surface area (Å²) in [4.78, 5) is 29.7. The summed E-state index contributed by atoms with van der Waals surface area (Å²) < 4.78 is 0. The highest BCUT2D eigenvalue weighted by molar-refractivity contribution is 5.96. The highest BCUT2D eigenvalue weighted by Crippen LogP contribution is 2.42. The number of carbonyl (C=O) groups is 1. The van der Waals surface area contributed by atoms with Crippen LogP contribution in [0.4, 0.5) is 11.6 Å². The van der Waals surface area contributed by atoms with Gasteiger partial charge in [0.2, 0.25) is 11.9 Å². The monoisotopic (exact) mass is 323 g/mol. The molecule has 1 atom stereocenters. The third-order valence-corrected chi connectivity index (χ3v) is 5.10. The summed E-state index contributed by atoms with van der Waals surface area (Å²) in [7, 11) is 0. The van der Waals surface area contributed by atoms with Gasteiger partial charge in [0, 0.05) is 50.1 Å². The maximum Gasteiger partial charge on any atom is 0.227 e. The van der Waals surface area contributed by atoms with Crippen LogP contribution < -0.4 is 9.80 Å². The molecule has 2 aliphatic rings. The van der Waals surface area contributed by atoms with E-state index in [9.17, 15) is 4.79 Å².